The van der Waals surface area contributed by atoms with E-state index in [0.29, 0.717) is 44.9 Å². The van der Waals surface area contributed by atoms with Crippen molar-refractivity contribution in [1.82, 2.24) is 4.90 Å². The van der Waals surface area contributed by atoms with Gasteiger partial charge in [-0.3, -0.25) is 24.2 Å². The molecular formula is C30H22FN3O4. The summed E-state index contributed by atoms with van der Waals surface area (Å²) in [5.41, 5.74) is 3.71. The van der Waals surface area contributed by atoms with Gasteiger partial charge in [-0.25, -0.2) is 4.39 Å². The number of ether oxygens (including phenoxy) is 1. The second-order valence-corrected chi connectivity index (χ2v) is 9.06. The highest BCUT2D eigenvalue weighted by Crippen LogP contribution is 2.38. The van der Waals surface area contributed by atoms with Crippen molar-refractivity contribution in [2.45, 2.75) is 12.7 Å². The van der Waals surface area contributed by atoms with Gasteiger partial charge in [0, 0.05) is 16.9 Å². The van der Waals surface area contributed by atoms with E-state index in [9.17, 15) is 18.8 Å². The molecule has 0 saturated heterocycles. The van der Waals surface area contributed by atoms with Crippen LogP contribution in [0.3, 0.4) is 0 Å². The predicted octanol–water partition coefficient (Wildman–Crippen LogP) is 5.40. The number of nitrogens with zero attached hydrogens (tertiary/aromatic N) is 2. The average Bonchev–Trinajstić information content (AvgIpc) is 3.18. The molecule has 4 aromatic rings. The van der Waals surface area contributed by atoms with E-state index in [1.165, 1.54) is 24.1 Å². The first-order valence-corrected chi connectivity index (χ1v) is 12.0. The minimum Gasteiger partial charge on any atom is -0.496 e. The molecule has 1 N–H and O–H groups in total. The molecule has 8 heteroatoms. The number of hydrogen-bond donors (Lipinski definition) is 1. The molecule has 7 nitrogen and oxygen atoms in total. The van der Waals surface area contributed by atoms with Gasteiger partial charge in [-0.05, 0) is 66.2 Å². The fraction of sp³-hybridized carbons (Fsp3) is 0.100. The van der Waals surface area contributed by atoms with Crippen molar-refractivity contribution >= 4 is 29.1 Å². The minimum absolute atomic E-state index is 0.00282. The van der Waals surface area contributed by atoms with Gasteiger partial charge < -0.3 is 10.1 Å². The van der Waals surface area contributed by atoms with E-state index >= 15 is 0 Å². The number of rotatable bonds is 5. The lowest BCUT2D eigenvalue weighted by Gasteiger charge is -2.38. The zero-order chi connectivity index (χ0) is 26.4. The van der Waals surface area contributed by atoms with Crippen molar-refractivity contribution in [1.29, 1.82) is 0 Å². The summed E-state index contributed by atoms with van der Waals surface area (Å²) in [6.07, 6.45) is -0.644. The number of carbonyl (C=O) groups excluding carboxylic acids is 3. The van der Waals surface area contributed by atoms with Crippen molar-refractivity contribution < 1.29 is 23.5 Å². The van der Waals surface area contributed by atoms with Crippen LogP contribution in [-0.2, 0) is 6.54 Å². The number of anilines is 2. The van der Waals surface area contributed by atoms with E-state index in [-0.39, 0.29) is 24.3 Å². The molecule has 0 bridgehead atoms. The van der Waals surface area contributed by atoms with Crippen LogP contribution in [0, 0.1) is 5.82 Å². The molecule has 188 valence electrons. The number of amides is 3. The van der Waals surface area contributed by atoms with Gasteiger partial charge in [0.05, 0.1) is 30.3 Å². The van der Waals surface area contributed by atoms with Gasteiger partial charge >= 0.3 is 0 Å². The fourth-order valence-corrected chi connectivity index (χ4v) is 5.00. The molecule has 2 aliphatic rings. The highest BCUT2D eigenvalue weighted by molar-refractivity contribution is 6.21. The maximum Gasteiger partial charge on any atom is 0.262 e. The summed E-state index contributed by atoms with van der Waals surface area (Å²) >= 11 is 0. The van der Waals surface area contributed by atoms with Crippen LogP contribution in [0.15, 0.2) is 91.0 Å². The Balaban J connectivity index is 1.41. The van der Waals surface area contributed by atoms with E-state index in [1.54, 1.807) is 59.5 Å². The van der Waals surface area contributed by atoms with Crippen molar-refractivity contribution in [2.24, 2.45) is 0 Å². The number of halogens is 1. The number of methoxy groups -OCH3 is 1. The number of hydrogen-bond acceptors (Lipinski definition) is 5. The number of para-hydroxylation sites is 1. The van der Waals surface area contributed by atoms with Crippen LogP contribution in [0.1, 0.15) is 48.4 Å². The molecule has 0 radical (unpaired) electrons. The lowest BCUT2D eigenvalue weighted by molar-refractivity contribution is 0.0641. The van der Waals surface area contributed by atoms with Gasteiger partial charge in [0.25, 0.3) is 17.7 Å². The van der Waals surface area contributed by atoms with E-state index in [4.69, 9.17) is 4.74 Å². The lowest BCUT2D eigenvalue weighted by atomic mass is 10.0. The van der Waals surface area contributed by atoms with Crippen LogP contribution in [0.5, 0.6) is 5.75 Å². The Morgan fingerprint density at radius 2 is 1.42 bits per heavy atom. The number of carbonyl (C=O) groups is 3. The van der Waals surface area contributed by atoms with Crippen LogP contribution < -0.4 is 15.0 Å². The molecule has 0 saturated carbocycles. The van der Waals surface area contributed by atoms with Gasteiger partial charge in [-0.1, -0.05) is 30.3 Å². The van der Waals surface area contributed by atoms with Crippen molar-refractivity contribution in [3.8, 4) is 5.75 Å². The Morgan fingerprint density at radius 3 is 2.08 bits per heavy atom. The normalized spacial score (nSPS) is 16.3. The maximum absolute atomic E-state index is 13.7. The molecular weight excluding hydrogens is 485 g/mol. The highest BCUT2D eigenvalue weighted by Gasteiger charge is 2.37. The molecule has 2 aliphatic heterocycles. The van der Waals surface area contributed by atoms with Gasteiger partial charge in [-0.2, -0.15) is 0 Å². The van der Waals surface area contributed by atoms with E-state index < -0.39 is 12.0 Å². The summed E-state index contributed by atoms with van der Waals surface area (Å²) in [6.45, 7) is -0.00282. The summed E-state index contributed by atoms with van der Waals surface area (Å²) in [7, 11) is 1.52. The van der Waals surface area contributed by atoms with E-state index in [1.807, 2.05) is 24.3 Å². The monoisotopic (exact) mass is 507 g/mol. The molecule has 0 spiro atoms. The zero-order valence-electron chi connectivity index (χ0n) is 20.4. The first-order chi connectivity index (χ1) is 18.5. The number of benzene rings is 4. The predicted molar refractivity (Wildman–Crippen MR) is 140 cm³/mol. The molecule has 0 aliphatic carbocycles. The van der Waals surface area contributed by atoms with Crippen molar-refractivity contribution in [3.63, 3.8) is 0 Å². The van der Waals surface area contributed by atoms with Crippen LogP contribution in [0.25, 0.3) is 0 Å². The van der Waals surface area contributed by atoms with E-state index in [2.05, 4.69) is 5.32 Å². The second kappa shape index (κ2) is 9.15. The summed E-state index contributed by atoms with van der Waals surface area (Å²) < 4.78 is 19.3. The van der Waals surface area contributed by atoms with E-state index in [0.717, 1.165) is 0 Å². The Kier molecular flexibility index (Phi) is 5.64. The lowest BCUT2D eigenvalue weighted by Crippen LogP contribution is -2.43. The molecule has 3 amide bonds. The Hall–Kier alpha value is -4.98. The Bertz CT molecular complexity index is 1570. The third-order valence-corrected chi connectivity index (χ3v) is 6.86. The third-order valence-electron chi connectivity index (χ3n) is 6.86. The molecule has 0 unspecified atom stereocenters. The summed E-state index contributed by atoms with van der Waals surface area (Å²) in [4.78, 5) is 42.4. The Morgan fingerprint density at radius 1 is 0.789 bits per heavy atom. The van der Waals surface area contributed by atoms with Crippen molar-refractivity contribution in [3.05, 3.63) is 125 Å². The molecule has 1 atom stereocenters. The molecule has 0 fully saturated rings. The van der Waals surface area contributed by atoms with Crippen LogP contribution in [0.4, 0.5) is 15.8 Å². The molecule has 0 aromatic heterocycles. The average molecular weight is 508 g/mol. The Labute approximate surface area is 218 Å². The smallest absolute Gasteiger partial charge is 0.262 e. The van der Waals surface area contributed by atoms with Crippen LogP contribution in [0.2, 0.25) is 0 Å². The SMILES string of the molecule is COc1ccc([C@@H]2Nc3ccccc3C(=O)N2c2ccc(F)cc2)cc1CN1C(=O)c2ccccc2C1=O. The maximum atomic E-state index is 13.7. The number of fused-ring (bicyclic) bond motifs is 2. The molecule has 4 aromatic carbocycles. The molecule has 6 rings (SSSR count). The van der Waals surface area contributed by atoms with Crippen molar-refractivity contribution in [2.75, 3.05) is 17.3 Å². The second-order valence-electron chi connectivity index (χ2n) is 9.06. The van der Waals surface area contributed by atoms with Gasteiger partial charge in [0.2, 0.25) is 0 Å². The van der Waals surface area contributed by atoms with Gasteiger partial charge in [0.15, 0.2) is 0 Å². The standard InChI is InChI=1S/C30H22FN3O4/c1-38-26-15-10-18(16-19(26)17-33-28(35)22-6-2-3-7-23(22)29(33)36)27-32-25-9-5-4-8-24(25)30(37)34(27)21-13-11-20(31)12-14-21/h2-16,27,32H,17H2,1H3/t27-/m1/s1. The number of imide groups is 1. The van der Waals surface area contributed by atoms with Crippen LogP contribution >= 0.6 is 0 Å². The van der Waals surface area contributed by atoms with Gasteiger partial charge in [0.1, 0.15) is 17.7 Å². The number of nitrogens with one attached hydrogen (secondary N) is 1. The van der Waals surface area contributed by atoms with Gasteiger partial charge in [-0.15, -0.1) is 0 Å². The summed E-state index contributed by atoms with van der Waals surface area (Å²) in [5, 5.41) is 3.42. The first-order valence-electron chi connectivity index (χ1n) is 12.0. The quantitative estimate of drug-likeness (QED) is 0.366. The summed E-state index contributed by atoms with van der Waals surface area (Å²) in [5.74, 6) is -0.887. The largest absolute Gasteiger partial charge is 0.496 e. The highest BCUT2D eigenvalue weighted by atomic mass is 19.1. The van der Waals surface area contributed by atoms with Crippen LogP contribution in [-0.4, -0.2) is 29.7 Å². The first kappa shape index (κ1) is 23.4. The third kappa shape index (κ3) is 3.78. The zero-order valence-corrected chi connectivity index (χ0v) is 20.4. The summed E-state index contributed by atoms with van der Waals surface area (Å²) in [6, 6.07) is 25.0. The molecule has 2 heterocycles. The molecule has 38 heavy (non-hydrogen) atoms. The fourth-order valence-electron chi connectivity index (χ4n) is 5.00. The topological polar surface area (TPSA) is 79.0 Å². The minimum atomic E-state index is -0.644.